The fourth-order valence-corrected chi connectivity index (χ4v) is 6.20. The van der Waals surface area contributed by atoms with Crippen LogP contribution in [0.2, 0.25) is 0 Å². The molecular formula is C36H44N6O4. The van der Waals surface area contributed by atoms with Gasteiger partial charge in [-0.25, -0.2) is 14.6 Å². The molecule has 2 aromatic carbocycles. The van der Waals surface area contributed by atoms with Crippen molar-refractivity contribution in [3.8, 4) is 33.6 Å². The summed E-state index contributed by atoms with van der Waals surface area (Å²) in [5.41, 5.74) is 5.84. The van der Waals surface area contributed by atoms with Crippen LogP contribution in [-0.2, 0) is 9.47 Å². The van der Waals surface area contributed by atoms with E-state index in [0.29, 0.717) is 13.1 Å². The van der Waals surface area contributed by atoms with Crippen molar-refractivity contribution in [1.29, 1.82) is 0 Å². The molecule has 10 nitrogen and oxygen atoms in total. The SMILES string of the molecule is CC(C)(C)OC(=O)N1CCC[C@@H]1c1ncc(-c2ccc(-c3ccc(-c4cc([C@@H]5CCCN5C(=O)OC(C)(C)C)[nH]n4)cc3)cc2)[nH]1. The van der Waals surface area contributed by atoms with Gasteiger partial charge in [0.15, 0.2) is 0 Å². The summed E-state index contributed by atoms with van der Waals surface area (Å²) in [4.78, 5) is 37.2. The molecule has 4 heterocycles. The molecule has 2 atom stereocenters. The summed E-state index contributed by atoms with van der Waals surface area (Å²) >= 11 is 0. The Bertz CT molecular complexity index is 1550. The van der Waals surface area contributed by atoms with Gasteiger partial charge >= 0.3 is 12.2 Å². The molecular weight excluding hydrogens is 580 g/mol. The van der Waals surface area contributed by atoms with E-state index >= 15 is 0 Å². The molecule has 0 radical (unpaired) electrons. The standard InChI is InChI=1S/C36H44N6O4/c1-35(2,3)45-33(43)41-19-7-9-30(41)28-21-27(39-40-28)25-15-11-23(12-16-25)24-13-17-26(18-14-24)29-22-37-32(38-29)31-10-8-20-42(31)34(44)46-36(4,5)6/h11-18,21-22,30-31H,7-10,19-20H2,1-6H3,(H,37,38)(H,39,40)/t30-,31+/m0/s1. The first-order valence-corrected chi connectivity index (χ1v) is 16.2. The zero-order valence-electron chi connectivity index (χ0n) is 27.6. The summed E-state index contributed by atoms with van der Waals surface area (Å²) in [6, 6.07) is 18.6. The van der Waals surface area contributed by atoms with E-state index in [9.17, 15) is 9.59 Å². The van der Waals surface area contributed by atoms with Gasteiger partial charge in [0.2, 0.25) is 0 Å². The molecule has 6 rings (SSSR count). The second-order valence-electron chi connectivity index (χ2n) is 14.2. The average Bonchev–Trinajstić information content (AvgIpc) is 3.82. The quantitative estimate of drug-likeness (QED) is 0.231. The number of carbonyl (C=O) groups excluding carboxylic acids is 2. The Morgan fingerprint density at radius 3 is 1.80 bits per heavy atom. The number of nitrogens with one attached hydrogen (secondary N) is 2. The topological polar surface area (TPSA) is 116 Å². The Labute approximate surface area is 270 Å². The number of carbonyl (C=O) groups is 2. The van der Waals surface area contributed by atoms with E-state index in [2.05, 4.69) is 68.7 Å². The highest BCUT2D eigenvalue weighted by Crippen LogP contribution is 2.35. The number of likely N-dealkylation sites (tertiary alicyclic amines) is 2. The number of benzene rings is 2. The molecule has 242 valence electrons. The van der Waals surface area contributed by atoms with E-state index in [4.69, 9.17) is 9.47 Å². The number of hydrogen-bond acceptors (Lipinski definition) is 6. The maximum atomic E-state index is 12.8. The molecule has 2 fully saturated rings. The molecule has 0 saturated carbocycles. The van der Waals surface area contributed by atoms with E-state index < -0.39 is 11.2 Å². The Hall–Kier alpha value is -4.60. The largest absolute Gasteiger partial charge is 0.444 e. The van der Waals surface area contributed by atoms with Crippen molar-refractivity contribution >= 4 is 12.2 Å². The molecule has 10 heteroatoms. The Balaban J connectivity index is 1.11. The molecule has 2 N–H and O–H groups in total. The van der Waals surface area contributed by atoms with Gasteiger partial charge in [0, 0.05) is 18.7 Å². The lowest BCUT2D eigenvalue weighted by Crippen LogP contribution is -2.36. The zero-order chi connectivity index (χ0) is 32.6. The number of aromatic nitrogens is 4. The normalized spacial score (nSPS) is 18.7. The Kier molecular flexibility index (Phi) is 8.39. The summed E-state index contributed by atoms with van der Waals surface area (Å²) in [7, 11) is 0. The number of H-pyrrole nitrogens is 2. The van der Waals surface area contributed by atoms with Gasteiger partial charge in [-0.05, 0) is 90.0 Å². The van der Waals surface area contributed by atoms with Gasteiger partial charge in [0.05, 0.1) is 35.4 Å². The summed E-state index contributed by atoms with van der Waals surface area (Å²) in [6.45, 7) is 12.6. The molecule has 0 bridgehead atoms. The van der Waals surface area contributed by atoms with Gasteiger partial charge in [-0.15, -0.1) is 0 Å². The van der Waals surface area contributed by atoms with Crippen molar-refractivity contribution in [1.82, 2.24) is 30.0 Å². The van der Waals surface area contributed by atoms with Crippen LogP contribution in [0, 0.1) is 0 Å². The fourth-order valence-electron chi connectivity index (χ4n) is 6.20. The van der Waals surface area contributed by atoms with Crippen molar-refractivity contribution < 1.29 is 19.1 Å². The van der Waals surface area contributed by atoms with E-state index in [0.717, 1.165) is 70.8 Å². The molecule has 46 heavy (non-hydrogen) atoms. The predicted molar refractivity (Wildman–Crippen MR) is 177 cm³/mol. The van der Waals surface area contributed by atoms with Crippen LogP contribution < -0.4 is 0 Å². The third-order valence-electron chi connectivity index (χ3n) is 8.34. The highest BCUT2D eigenvalue weighted by atomic mass is 16.6. The second-order valence-corrected chi connectivity index (χ2v) is 14.2. The molecule has 2 aliphatic heterocycles. The fraction of sp³-hybridized carbons (Fsp3) is 0.444. The average molecular weight is 625 g/mol. The zero-order valence-corrected chi connectivity index (χ0v) is 27.6. The van der Waals surface area contributed by atoms with Crippen molar-refractivity contribution in [2.75, 3.05) is 13.1 Å². The van der Waals surface area contributed by atoms with E-state index in [1.807, 2.05) is 53.8 Å². The lowest BCUT2D eigenvalue weighted by Gasteiger charge is -2.28. The number of aromatic amines is 2. The van der Waals surface area contributed by atoms with Gasteiger partial charge in [-0.3, -0.25) is 14.9 Å². The van der Waals surface area contributed by atoms with Crippen LogP contribution in [0.25, 0.3) is 33.6 Å². The highest BCUT2D eigenvalue weighted by Gasteiger charge is 2.36. The molecule has 2 amide bonds. The van der Waals surface area contributed by atoms with E-state index in [1.54, 1.807) is 9.80 Å². The van der Waals surface area contributed by atoms with Crippen LogP contribution in [0.15, 0.2) is 60.8 Å². The summed E-state index contributed by atoms with van der Waals surface area (Å²) in [6.07, 6.45) is 4.83. The molecule has 0 aliphatic carbocycles. The molecule has 0 spiro atoms. The van der Waals surface area contributed by atoms with Crippen LogP contribution >= 0.6 is 0 Å². The van der Waals surface area contributed by atoms with Gasteiger partial charge in [0.1, 0.15) is 17.0 Å². The maximum absolute atomic E-state index is 12.8. The van der Waals surface area contributed by atoms with Gasteiger partial charge in [-0.2, -0.15) is 5.10 Å². The summed E-state index contributed by atoms with van der Waals surface area (Å²) in [5.74, 6) is 0.782. The van der Waals surface area contributed by atoms with Crippen LogP contribution in [0.3, 0.4) is 0 Å². The lowest BCUT2D eigenvalue weighted by atomic mass is 10.0. The number of ether oxygens (including phenoxy) is 2. The van der Waals surface area contributed by atoms with Crippen LogP contribution in [0.4, 0.5) is 9.59 Å². The van der Waals surface area contributed by atoms with Crippen LogP contribution in [-0.4, -0.2) is 66.4 Å². The van der Waals surface area contributed by atoms with Gasteiger partial charge < -0.3 is 14.5 Å². The van der Waals surface area contributed by atoms with E-state index in [1.165, 1.54) is 0 Å². The maximum Gasteiger partial charge on any atom is 0.410 e. The highest BCUT2D eigenvalue weighted by molar-refractivity contribution is 5.73. The summed E-state index contributed by atoms with van der Waals surface area (Å²) in [5, 5.41) is 7.73. The van der Waals surface area contributed by atoms with Gasteiger partial charge in [-0.1, -0.05) is 48.5 Å². The molecule has 2 aromatic heterocycles. The first-order valence-electron chi connectivity index (χ1n) is 16.2. The third kappa shape index (κ3) is 6.95. The van der Waals surface area contributed by atoms with E-state index in [-0.39, 0.29) is 24.3 Å². The lowest BCUT2D eigenvalue weighted by molar-refractivity contribution is 0.0209. The molecule has 0 unspecified atom stereocenters. The first kappa shape index (κ1) is 31.4. The Morgan fingerprint density at radius 1 is 0.739 bits per heavy atom. The van der Waals surface area contributed by atoms with Crippen molar-refractivity contribution in [3.63, 3.8) is 0 Å². The summed E-state index contributed by atoms with van der Waals surface area (Å²) < 4.78 is 11.3. The minimum absolute atomic E-state index is 0.0677. The number of amides is 2. The third-order valence-corrected chi connectivity index (χ3v) is 8.34. The van der Waals surface area contributed by atoms with Crippen molar-refractivity contribution in [2.45, 2.75) is 90.5 Å². The monoisotopic (exact) mass is 624 g/mol. The first-order chi connectivity index (χ1) is 21.8. The smallest absolute Gasteiger partial charge is 0.410 e. The van der Waals surface area contributed by atoms with Gasteiger partial charge in [0.25, 0.3) is 0 Å². The Morgan fingerprint density at radius 2 is 1.24 bits per heavy atom. The second kappa shape index (κ2) is 12.3. The molecule has 2 aliphatic rings. The van der Waals surface area contributed by atoms with Crippen LogP contribution in [0.5, 0.6) is 0 Å². The van der Waals surface area contributed by atoms with Crippen LogP contribution in [0.1, 0.15) is 90.8 Å². The number of hydrogen-bond donors (Lipinski definition) is 2. The van der Waals surface area contributed by atoms with Crippen molar-refractivity contribution in [2.24, 2.45) is 0 Å². The predicted octanol–water partition coefficient (Wildman–Crippen LogP) is 8.28. The van der Waals surface area contributed by atoms with Crippen molar-refractivity contribution in [3.05, 3.63) is 72.3 Å². The number of imidazole rings is 1. The number of rotatable bonds is 5. The minimum atomic E-state index is -0.537. The molecule has 2 saturated heterocycles. The minimum Gasteiger partial charge on any atom is -0.444 e. The molecule has 4 aromatic rings. The number of nitrogens with zero attached hydrogens (tertiary/aromatic N) is 4.